The van der Waals surface area contributed by atoms with Crippen LogP contribution in [0.4, 0.5) is 0 Å². The van der Waals surface area contributed by atoms with Gasteiger partial charge in [-0.15, -0.1) is 0 Å². The van der Waals surface area contributed by atoms with E-state index in [1.165, 1.54) is 0 Å². The maximum Gasteiger partial charge on any atom is 0.122 e. The van der Waals surface area contributed by atoms with Crippen LogP contribution in [0.2, 0.25) is 0 Å². The molecule has 0 spiro atoms. The van der Waals surface area contributed by atoms with Gasteiger partial charge < -0.3 is 30.6 Å². The topological polar surface area (TPSA) is 121 Å². The van der Waals surface area contributed by atoms with Crippen LogP contribution in [0.5, 0.6) is 28.7 Å². The van der Waals surface area contributed by atoms with Gasteiger partial charge in [-0.05, 0) is 125 Å². The van der Waals surface area contributed by atoms with Crippen LogP contribution in [-0.4, -0.2) is 30.6 Å². The van der Waals surface area contributed by atoms with Crippen molar-refractivity contribution in [3.05, 3.63) is 183 Å². The van der Waals surface area contributed by atoms with E-state index in [1.54, 1.807) is 61.5 Å². The van der Waals surface area contributed by atoms with Crippen molar-refractivity contribution in [2.75, 3.05) is 0 Å². The van der Waals surface area contributed by atoms with Gasteiger partial charge in [-0.2, -0.15) is 0 Å². The van der Waals surface area contributed by atoms with Gasteiger partial charge in [0.2, 0.25) is 0 Å². The van der Waals surface area contributed by atoms with Crippen molar-refractivity contribution in [2.24, 2.45) is 0 Å². The normalized spacial score (nSPS) is 11.6. The van der Waals surface area contributed by atoms with Crippen LogP contribution >= 0.6 is 0 Å². The first-order valence-corrected chi connectivity index (χ1v) is 15.8. The highest BCUT2D eigenvalue weighted by atomic mass is 16.3. The lowest BCUT2D eigenvalue weighted by atomic mass is 9.91. The summed E-state index contributed by atoms with van der Waals surface area (Å²) in [5, 5.41) is 62.5. The highest BCUT2D eigenvalue weighted by molar-refractivity contribution is 5.52. The van der Waals surface area contributed by atoms with Gasteiger partial charge in [-0.3, -0.25) is 0 Å². The Morgan fingerprint density at radius 2 is 0.938 bits per heavy atom. The first-order valence-electron chi connectivity index (χ1n) is 15.8. The fraction of sp³-hybridized carbons (Fsp3) is 0.143. The van der Waals surface area contributed by atoms with Gasteiger partial charge >= 0.3 is 0 Å². The number of hydrogen-bond acceptors (Lipinski definition) is 6. The Labute approximate surface area is 281 Å². The van der Waals surface area contributed by atoms with E-state index in [0.717, 1.165) is 33.4 Å². The zero-order valence-corrected chi connectivity index (χ0v) is 26.9. The summed E-state index contributed by atoms with van der Waals surface area (Å²) in [5.74, 6) is 0.844. The van der Waals surface area contributed by atoms with Crippen LogP contribution in [0, 0.1) is 0 Å². The number of benzene rings is 5. The molecule has 244 valence electrons. The van der Waals surface area contributed by atoms with Crippen LogP contribution < -0.4 is 0 Å². The van der Waals surface area contributed by atoms with Gasteiger partial charge in [0, 0.05) is 12.8 Å². The fourth-order valence-electron chi connectivity index (χ4n) is 5.71. The van der Waals surface area contributed by atoms with Crippen molar-refractivity contribution < 1.29 is 30.6 Å². The molecule has 6 N–H and O–H groups in total. The Bertz CT molecular complexity index is 1850. The minimum Gasteiger partial charge on any atom is -0.508 e. The van der Waals surface area contributed by atoms with E-state index in [2.05, 4.69) is 6.58 Å². The van der Waals surface area contributed by atoms with E-state index in [4.69, 9.17) is 0 Å². The second kappa shape index (κ2) is 15.1. The van der Waals surface area contributed by atoms with Gasteiger partial charge in [-0.25, -0.2) is 0 Å². The monoisotopic (exact) mass is 640 g/mol. The molecular formula is C42H40O6. The Morgan fingerprint density at radius 3 is 1.38 bits per heavy atom. The van der Waals surface area contributed by atoms with E-state index in [9.17, 15) is 30.6 Å². The highest BCUT2D eigenvalue weighted by Crippen LogP contribution is 2.34. The van der Waals surface area contributed by atoms with Gasteiger partial charge in [0.15, 0.2) is 0 Å². The van der Waals surface area contributed by atoms with Crippen molar-refractivity contribution in [2.45, 2.75) is 39.0 Å². The molecule has 0 unspecified atom stereocenters. The molecule has 0 saturated carbocycles. The predicted octanol–water partition coefficient (Wildman–Crippen LogP) is 8.69. The molecule has 0 aromatic heterocycles. The number of aliphatic hydroxyl groups excluding tert-OH is 1. The van der Waals surface area contributed by atoms with Crippen LogP contribution in [0.25, 0.3) is 0 Å². The highest BCUT2D eigenvalue weighted by Gasteiger charge is 2.16. The molecule has 6 nitrogen and oxygen atoms in total. The molecule has 5 aromatic carbocycles. The van der Waals surface area contributed by atoms with Gasteiger partial charge in [0.05, 0.1) is 0 Å². The van der Waals surface area contributed by atoms with E-state index < -0.39 is 0 Å². The van der Waals surface area contributed by atoms with E-state index in [-0.39, 0.29) is 47.3 Å². The minimum absolute atomic E-state index is 0.0816. The Hall–Kier alpha value is -5.88. The molecule has 0 aliphatic rings. The molecule has 0 saturated heterocycles. The maximum absolute atomic E-state index is 11.6. The van der Waals surface area contributed by atoms with Gasteiger partial charge in [0.25, 0.3) is 0 Å². The third kappa shape index (κ3) is 8.89. The summed E-state index contributed by atoms with van der Waals surface area (Å²) in [6.07, 6.45) is 7.11. The molecule has 0 atom stereocenters. The van der Waals surface area contributed by atoms with Crippen molar-refractivity contribution in [3.8, 4) is 28.7 Å². The number of phenolic OH excluding ortho intramolecular Hbond substituents is 5. The third-order valence-electron chi connectivity index (χ3n) is 8.28. The Balaban J connectivity index is 1.48. The lowest BCUT2D eigenvalue weighted by Crippen LogP contribution is -2.01. The Morgan fingerprint density at radius 1 is 0.521 bits per heavy atom. The van der Waals surface area contributed by atoms with Crippen LogP contribution in [0.3, 0.4) is 0 Å². The summed E-state index contributed by atoms with van der Waals surface area (Å²) in [6.45, 7) is 5.89. The average Bonchev–Trinajstić information content (AvgIpc) is 3.07. The second-order valence-corrected chi connectivity index (χ2v) is 12.1. The number of hydrogen-bond donors (Lipinski definition) is 6. The molecule has 0 aliphatic heterocycles. The first-order chi connectivity index (χ1) is 23.1. The summed E-state index contributed by atoms with van der Waals surface area (Å²) < 4.78 is 0. The van der Waals surface area contributed by atoms with Crippen molar-refractivity contribution in [3.63, 3.8) is 0 Å². The Kier molecular flexibility index (Phi) is 10.6. The molecule has 5 rings (SSSR count). The van der Waals surface area contributed by atoms with E-state index in [1.807, 2.05) is 60.7 Å². The standard InChI is InChI=1S/C42H40O6/c1-3-37(43)11-4-27(2)18-32-23-35(25-33-21-30(9-16-40(33)46)19-28-5-12-38(44)13-6-28)42(48)36(24-32)26-34-22-31(10-17-41(34)47)20-29-7-14-39(45)15-8-29/h3-17,21-24,43-48H,2,18-20,25-26H2,1H3/b11-4-,37-3+. The molecule has 6 heteroatoms. The van der Waals surface area contributed by atoms with Crippen LogP contribution in [-0.2, 0) is 32.1 Å². The molecular weight excluding hydrogens is 600 g/mol. The van der Waals surface area contributed by atoms with Crippen molar-refractivity contribution in [1.82, 2.24) is 0 Å². The van der Waals surface area contributed by atoms with Crippen molar-refractivity contribution in [1.29, 1.82) is 0 Å². The SMILES string of the molecule is C=C(/C=C\C(O)=C/C)Cc1cc(Cc2cc(Cc3ccc(O)cc3)ccc2O)c(O)c(Cc2cc(Cc3ccc(O)cc3)ccc2O)c1. The molecule has 0 radical (unpaired) electrons. The van der Waals surface area contributed by atoms with E-state index in [0.29, 0.717) is 41.5 Å². The summed E-state index contributed by atoms with van der Waals surface area (Å²) in [5.41, 5.74) is 8.15. The summed E-state index contributed by atoms with van der Waals surface area (Å²) >= 11 is 0. The lowest BCUT2D eigenvalue weighted by Gasteiger charge is -2.16. The summed E-state index contributed by atoms with van der Waals surface area (Å²) in [4.78, 5) is 0. The zero-order chi connectivity index (χ0) is 34.2. The summed E-state index contributed by atoms with van der Waals surface area (Å²) in [6, 6.07) is 28.7. The molecule has 48 heavy (non-hydrogen) atoms. The van der Waals surface area contributed by atoms with Gasteiger partial charge in [-0.1, -0.05) is 78.9 Å². The number of rotatable bonds is 12. The fourth-order valence-corrected chi connectivity index (χ4v) is 5.71. The molecule has 5 aromatic rings. The largest absolute Gasteiger partial charge is 0.508 e. The smallest absolute Gasteiger partial charge is 0.122 e. The molecule has 0 heterocycles. The number of aliphatic hydroxyl groups is 1. The summed E-state index contributed by atoms with van der Waals surface area (Å²) in [7, 11) is 0. The van der Waals surface area contributed by atoms with Crippen LogP contribution in [0.1, 0.15) is 57.0 Å². The maximum atomic E-state index is 11.6. The number of allylic oxidation sites excluding steroid dienone is 4. The molecule has 0 bridgehead atoms. The molecule has 0 amide bonds. The average molecular weight is 641 g/mol. The number of aromatic hydroxyl groups is 5. The molecule has 0 fully saturated rings. The van der Waals surface area contributed by atoms with Gasteiger partial charge in [0.1, 0.15) is 34.5 Å². The first kappa shape index (κ1) is 33.5. The predicted molar refractivity (Wildman–Crippen MR) is 190 cm³/mol. The number of phenols is 5. The minimum atomic E-state index is 0.0816. The second-order valence-electron chi connectivity index (χ2n) is 12.1. The lowest BCUT2D eigenvalue weighted by molar-refractivity contribution is 0.431. The zero-order valence-electron chi connectivity index (χ0n) is 26.9. The quantitative estimate of drug-likeness (QED) is 0.0600. The van der Waals surface area contributed by atoms with Crippen LogP contribution in [0.15, 0.2) is 133 Å². The third-order valence-corrected chi connectivity index (χ3v) is 8.28. The van der Waals surface area contributed by atoms with Crippen molar-refractivity contribution >= 4 is 0 Å². The molecule has 0 aliphatic carbocycles. The van der Waals surface area contributed by atoms with E-state index >= 15 is 0 Å².